The zero-order valence-corrected chi connectivity index (χ0v) is 16.3. The molecule has 0 spiro atoms. The fraction of sp³-hybridized carbons (Fsp3) is 0.364. The van der Waals surface area contributed by atoms with Crippen molar-refractivity contribution in [1.29, 1.82) is 0 Å². The molecule has 1 N–H and O–H groups in total. The molecule has 29 heavy (non-hydrogen) atoms. The highest BCUT2D eigenvalue weighted by Crippen LogP contribution is 2.22. The van der Waals surface area contributed by atoms with Gasteiger partial charge >= 0.3 is 0 Å². The predicted octanol–water partition coefficient (Wildman–Crippen LogP) is 2.75. The van der Waals surface area contributed by atoms with Crippen LogP contribution in [0, 0.1) is 0 Å². The number of nitrogens with zero attached hydrogens (tertiary/aromatic N) is 1. The average molecular weight is 396 g/mol. The zero-order chi connectivity index (χ0) is 20.2. The van der Waals surface area contributed by atoms with Gasteiger partial charge in [-0.3, -0.25) is 14.5 Å². The molecule has 7 heteroatoms. The van der Waals surface area contributed by atoms with Crippen LogP contribution in [0.25, 0.3) is 11.0 Å². The molecule has 0 radical (unpaired) electrons. The maximum atomic E-state index is 12.7. The van der Waals surface area contributed by atoms with Gasteiger partial charge in [-0.1, -0.05) is 13.0 Å². The van der Waals surface area contributed by atoms with E-state index < -0.39 is 5.91 Å². The molecule has 7 nitrogen and oxygen atoms in total. The van der Waals surface area contributed by atoms with Gasteiger partial charge in [-0.05, 0) is 36.2 Å². The molecular weight excluding hydrogens is 372 g/mol. The van der Waals surface area contributed by atoms with E-state index in [-0.39, 0.29) is 17.2 Å². The first-order valence-corrected chi connectivity index (χ1v) is 9.86. The van der Waals surface area contributed by atoms with Gasteiger partial charge in [0.15, 0.2) is 11.2 Å². The number of benzene rings is 1. The Hall–Kier alpha value is -2.90. The Morgan fingerprint density at radius 3 is 2.76 bits per heavy atom. The van der Waals surface area contributed by atoms with Crippen molar-refractivity contribution in [3.63, 3.8) is 0 Å². The van der Waals surface area contributed by atoms with Crippen molar-refractivity contribution in [2.24, 2.45) is 0 Å². The van der Waals surface area contributed by atoms with E-state index in [0.717, 1.165) is 30.8 Å². The van der Waals surface area contributed by atoms with Crippen molar-refractivity contribution in [3.8, 4) is 0 Å². The average Bonchev–Trinajstić information content (AvgIpc) is 3.29. The maximum Gasteiger partial charge on any atom is 0.287 e. The van der Waals surface area contributed by atoms with Gasteiger partial charge < -0.3 is 18.9 Å². The number of rotatable bonds is 6. The van der Waals surface area contributed by atoms with Gasteiger partial charge in [0.1, 0.15) is 11.3 Å². The Morgan fingerprint density at radius 1 is 1.21 bits per heavy atom. The predicted molar refractivity (Wildman–Crippen MR) is 108 cm³/mol. The van der Waals surface area contributed by atoms with Crippen molar-refractivity contribution in [1.82, 2.24) is 10.2 Å². The molecular formula is C22H24N2O5. The summed E-state index contributed by atoms with van der Waals surface area (Å²) in [7, 11) is 0. The van der Waals surface area contributed by atoms with Crippen molar-refractivity contribution in [3.05, 3.63) is 70.0 Å². The van der Waals surface area contributed by atoms with E-state index in [9.17, 15) is 9.59 Å². The summed E-state index contributed by atoms with van der Waals surface area (Å²) in [4.78, 5) is 27.4. The minimum Gasteiger partial charge on any atom is -0.468 e. The molecule has 1 atom stereocenters. The van der Waals surface area contributed by atoms with Crippen LogP contribution in [0.2, 0.25) is 0 Å². The summed E-state index contributed by atoms with van der Waals surface area (Å²) in [6.07, 6.45) is 2.45. The minimum absolute atomic E-state index is 0.00641. The molecule has 1 amide bonds. The molecule has 1 aliphatic rings. The summed E-state index contributed by atoms with van der Waals surface area (Å²) in [6.45, 7) is 5.16. The van der Waals surface area contributed by atoms with Crippen molar-refractivity contribution in [2.75, 3.05) is 32.8 Å². The summed E-state index contributed by atoms with van der Waals surface area (Å²) >= 11 is 0. The second-order valence-electron chi connectivity index (χ2n) is 7.05. The lowest BCUT2D eigenvalue weighted by Gasteiger charge is -2.33. The first-order valence-electron chi connectivity index (χ1n) is 9.86. The number of nitrogens with one attached hydrogen (secondary N) is 1. The highest BCUT2D eigenvalue weighted by atomic mass is 16.5. The number of fused-ring (bicyclic) bond motifs is 1. The fourth-order valence-corrected chi connectivity index (χ4v) is 3.59. The Balaban J connectivity index is 1.52. The standard InChI is InChI=1S/C22H24N2O5/c1-2-15-5-6-19-16(12-15)18(25)13-21(29-19)22(26)23-14-17(20-4-3-9-28-20)24-7-10-27-11-8-24/h3-6,9,12-13,17H,2,7-8,10-11,14H2,1H3,(H,23,26)/t17-/m0/s1. The molecule has 0 unspecified atom stereocenters. The van der Waals surface area contributed by atoms with Crippen molar-refractivity contribution >= 4 is 16.9 Å². The Kier molecular flexibility index (Phi) is 5.78. The summed E-state index contributed by atoms with van der Waals surface area (Å²) in [5, 5.41) is 3.37. The van der Waals surface area contributed by atoms with E-state index in [4.69, 9.17) is 13.6 Å². The van der Waals surface area contributed by atoms with Gasteiger partial charge in [-0.25, -0.2) is 0 Å². The van der Waals surface area contributed by atoms with Crippen molar-refractivity contribution in [2.45, 2.75) is 19.4 Å². The summed E-state index contributed by atoms with van der Waals surface area (Å²) in [6, 6.07) is 10.3. The van der Waals surface area contributed by atoms with Gasteiger partial charge in [0.2, 0.25) is 0 Å². The number of hydrogen-bond acceptors (Lipinski definition) is 6. The second-order valence-corrected chi connectivity index (χ2v) is 7.05. The number of carbonyl (C=O) groups is 1. The lowest BCUT2D eigenvalue weighted by atomic mass is 10.1. The van der Waals surface area contributed by atoms with Gasteiger partial charge in [0, 0.05) is 25.7 Å². The lowest BCUT2D eigenvalue weighted by Crippen LogP contribution is -2.43. The van der Waals surface area contributed by atoms with Crippen LogP contribution >= 0.6 is 0 Å². The lowest BCUT2D eigenvalue weighted by molar-refractivity contribution is 0.0117. The highest BCUT2D eigenvalue weighted by molar-refractivity contribution is 5.93. The van der Waals surface area contributed by atoms with Gasteiger partial charge in [0.25, 0.3) is 5.91 Å². The maximum absolute atomic E-state index is 12.7. The highest BCUT2D eigenvalue weighted by Gasteiger charge is 2.26. The van der Waals surface area contributed by atoms with E-state index in [2.05, 4.69) is 10.2 Å². The number of ether oxygens (including phenoxy) is 1. The summed E-state index contributed by atoms with van der Waals surface area (Å²) in [5.41, 5.74) is 1.24. The molecule has 3 heterocycles. The molecule has 0 bridgehead atoms. The number of hydrogen-bond donors (Lipinski definition) is 1. The molecule has 1 aliphatic heterocycles. The Morgan fingerprint density at radius 2 is 2.03 bits per heavy atom. The van der Waals surface area contributed by atoms with Gasteiger partial charge in [-0.15, -0.1) is 0 Å². The Labute approximate surface area is 168 Å². The molecule has 152 valence electrons. The number of aryl methyl sites for hydroxylation is 1. The number of morpholine rings is 1. The van der Waals surface area contributed by atoms with Crippen LogP contribution in [0.3, 0.4) is 0 Å². The molecule has 2 aromatic heterocycles. The molecule has 4 rings (SSSR count). The molecule has 1 saturated heterocycles. The number of amides is 1. The van der Waals surface area contributed by atoms with E-state index in [1.807, 2.05) is 31.2 Å². The molecule has 0 aliphatic carbocycles. The van der Waals surface area contributed by atoms with Crippen LogP contribution in [0.5, 0.6) is 0 Å². The second kappa shape index (κ2) is 8.63. The fourth-order valence-electron chi connectivity index (χ4n) is 3.59. The number of furan rings is 1. The van der Waals surface area contributed by atoms with Crippen LogP contribution in [-0.2, 0) is 11.2 Å². The van der Waals surface area contributed by atoms with Gasteiger partial charge in [0.05, 0.1) is 30.9 Å². The van der Waals surface area contributed by atoms with Crippen LogP contribution in [0.1, 0.15) is 34.8 Å². The summed E-state index contributed by atoms with van der Waals surface area (Å²) < 4.78 is 16.7. The monoisotopic (exact) mass is 396 g/mol. The van der Waals surface area contributed by atoms with Crippen LogP contribution < -0.4 is 10.7 Å². The molecule has 1 aromatic carbocycles. The molecule has 3 aromatic rings. The third-order valence-electron chi connectivity index (χ3n) is 5.24. The van der Waals surface area contributed by atoms with E-state index in [1.54, 1.807) is 12.3 Å². The van der Waals surface area contributed by atoms with E-state index in [0.29, 0.717) is 30.7 Å². The first-order chi connectivity index (χ1) is 14.2. The third kappa shape index (κ3) is 4.26. The van der Waals surface area contributed by atoms with Crippen LogP contribution in [0.15, 0.2) is 56.3 Å². The SMILES string of the molecule is CCc1ccc2oc(C(=O)NC[C@@H](c3ccco3)N3CCOCC3)cc(=O)c2c1. The summed E-state index contributed by atoms with van der Waals surface area (Å²) in [5.74, 6) is 0.361. The van der Waals surface area contributed by atoms with Crippen LogP contribution in [0.4, 0.5) is 0 Å². The third-order valence-corrected chi connectivity index (χ3v) is 5.24. The van der Waals surface area contributed by atoms with Gasteiger partial charge in [-0.2, -0.15) is 0 Å². The normalized spacial score (nSPS) is 16.0. The quantitative estimate of drug-likeness (QED) is 0.690. The minimum atomic E-state index is -0.423. The van der Waals surface area contributed by atoms with Crippen molar-refractivity contribution < 1.29 is 18.4 Å². The largest absolute Gasteiger partial charge is 0.468 e. The van der Waals surface area contributed by atoms with E-state index in [1.165, 1.54) is 6.07 Å². The smallest absolute Gasteiger partial charge is 0.287 e. The first kappa shape index (κ1) is 19.4. The Bertz CT molecular complexity index is 1040. The number of carbonyl (C=O) groups excluding carboxylic acids is 1. The van der Waals surface area contributed by atoms with Crippen LogP contribution in [-0.4, -0.2) is 43.7 Å². The molecule has 1 fully saturated rings. The molecule has 0 saturated carbocycles. The topological polar surface area (TPSA) is 84.9 Å². The van der Waals surface area contributed by atoms with E-state index >= 15 is 0 Å². The zero-order valence-electron chi connectivity index (χ0n) is 16.3.